The topological polar surface area (TPSA) is 21.3 Å². The Morgan fingerprint density at radius 2 is 1.86 bits per heavy atom. The largest absolute Gasteiger partial charge is 0.381 e. The second kappa shape index (κ2) is 7.06. The quantitative estimate of drug-likeness (QED) is 0.901. The third-order valence-electron chi connectivity index (χ3n) is 4.71. The van der Waals surface area contributed by atoms with Crippen molar-refractivity contribution in [3.63, 3.8) is 0 Å². The zero-order valence-electron chi connectivity index (χ0n) is 12.8. The Hall–Kier alpha value is -1.38. The number of likely N-dealkylation sites (N-methyl/N-ethyl adjacent to an activating group) is 1. The van der Waals surface area contributed by atoms with Gasteiger partial charge in [-0.2, -0.15) is 0 Å². The highest BCUT2D eigenvalue weighted by Crippen LogP contribution is 2.24. The molecule has 21 heavy (non-hydrogen) atoms. The van der Waals surface area contributed by atoms with Crippen LogP contribution in [0, 0.1) is 5.92 Å². The summed E-state index contributed by atoms with van der Waals surface area (Å²) in [7, 11) is 2.09. The summed E-state index contributed by atoms with van der Waals surface area (Å²) < 4.78 is 5.47. The lowest BCUT2D eigenvalue weighted by Gasteiger charge is -2.27. The van der Waals surface area contributed by atoms with Crippen LogP contribution in [0.25, 0.3) is 10.8 Å². The Morgan fingerprint density at radius 1 is 1.10 bits per heavy atom. The van der Waals surface area contributed by atoms with E-state index in [-0.39, 0.29) is 0 Å². The van der Waals surface area contributed by atoms with Gasteiger partial charge in [0.25, 0.3) is 0 Å². The molecule has 3 rings (SSSR count). The molecular weight excluding hydrogens is 258 g/mol. The standard InChI is InChI=1S/C19H25NO/c1-20-18(13-15-9-11-21-12-10-15)14-17-7-4-6-16-5-2-3-8-19(16)17/h2-8,15,18,20H,9-14H2,1H3. The summed E-state index contributed by atoms with van der Waals surface area (Å²) in [6.45, 7) is 1.88. The Morgan fingerprint density at radius 3 is 2.67 bits per heavy atom. The van der Waals surface area contributed by atoms with E-state index in [9.17, 15) is 0 Å². The number of nitrogens with one attached hydrogen (secondary N) is 1. The molecule has 1 fully saturated rings. The number of hydrogen-bond donors (Lipinski definition) is 1. The van der Waals surface area contributed by atoms with E-state index in [1.54, 1.807) is 0 Å². The van der Waals surface area contributed by atoms with E-state index < -0.39 is 0 Å². The van der Waals surface area contributed by atoms with Gasteiger partial charge in [0.1, 0.15) is 0 Å². The predicted octanol–water partition coefficient (Wildman–Crippen LogP) is 3.79. The Bertz CT molecular complexity index is 569. The van der Waals surface area contributed by atoms with Crippen molar-refractivity contribution in [2.75, 3.05) is 20.3 Å². The van der Waals surface area contributed by atoms with Gasteiger partial charge < -0.3 is 10.1 Å². The molecule has 0 saturated carbocycles. The minimum absolute atomic E-state index is 0.555. The summed E-state index contributed by atoms with van der Waals surface area (Å²) in [6, 6.07) is 15.9. The molecule has 0 spiro atoms. The zero-order chi connectivity index (χ0) is 14.5. The third-order valence-corrected chi connectivity index (χ3v) is 4.71. The maximum Gasteiger partial charge on any atom is 0.0468 e. The molecule has 2 aromatic rings. The molecule has 1 aliphatic rings. The minimum atomic E-state index is 0.555. The molecular formula is C19H25NO. The van der Waals surface area contributed by atoms with Crippen LogP contribution < -0.4 is 5.32 Å². The fourth-order valence-corrected chi connectivity index (χ4v) is 3.42. The average Bonchev–Trinajstić information content (AvgIpc) is 2.55. The monoisotopic (exact) mass is 283 g/mol. The number of fused-ring (bicyclic) bond motifs is 1. The van der Waals surface area contributed by atoms with Crippen molar-refractivity contribution in [1.29, 1.82) is 0 Å². The first-order valence-corrected chi connectivity index (χ1v) is 8.08. The smallest absolute Gasteiger partial charge is 0.0468 e. The lowest BCUT2D eigenvalue weighted by Crippen LogP contribution is -2.32. The van der Waals surface area contributed by atoms with Crippen LogP contribution in [-0.4, -0.2) is 26.3 Å². The van der Waals surface area contributed by atoms with Gasteiger partial charge in [0, 0.05) is 19.3 Å². The Balaban J connectivity index is 1.72. The second-order valence-corrected chi connectivity index (χ2v) is 6.12. The highest BCUT2D eigenvalue weighted by atomic mass is 16.5. The molecule has 2 aromatic carbocycles. The van der Waals surface area contributed by atoms with Crippen molar-refractivity contribution in [2.45, 2.75) is 31.7 Å². The number of ether oxygens (including phenoxy) is 1. The normalized spacial score (nSPS) is 18.0. The third kappa shape index (κ3) is 3.63. The number of hydrogen-bond acceptors (Lipinski definition) is 2. The maximum atomic E-state index is 5.47. The summed E-state index contributed by atoms with van der Waals surface area (Å²) in [4.78, 5) is 0. The van der Waals surface area contributed by atoms with Gasteiger partial charge in [-0.25, -0.2) is 0 Å². The van der Waals surface area contributed by atoms with Crippen molar-refractivity contribution in [3.05, 3.63) is 48.0 Å². The SMILES string of the molecule is CNC(Cc1cccc2ccccc12)CC1CCOCC1. The summed E-state index contributed by atoms with van der Waals surface area (Å²) in [6.07, 6.45) is 4.79. The predicted molar refractivity (Wildman–Crippen MR) is 88.7 cm³/mol. The molecule has 2 heteroatoms. The molecule has 1 aliphatic heterocycles. The minimum Gasteiger partial charge on any atom is -0.381 e. The molecule has 1 unspecified atom stereocenters. The lowest BCUT2D eigenvalue weighted by atomic mass is 9.89. The van der Waals surface area contributed by atoms with Crippen molar-refractivity contribution in [2.24, 2.45) is 5.92 Å². The van der Waals surface area contributed by atoms with Crippen LogP contribution >= 0.6 is 0 Å². The first kappa shape index (κ1) is 14.6. The van der Waals surface area contributed by atoms with Gasteiger partial charge in [-0.15, -0.1) is 0 Å². The zero-order valence-corrected chi connectivity index (χ0v) is 12.8. The molecule has 0 radical (unpaired) electrons. The Labute approximate surface area is 127 Å². The molecule has 0 amide bonds. The van der Waals surface area contributed by atoms with Gasteiger partial charge in [0.15, 0.2) is 0 Å². The van der Waals surface area contributed by atoms with Crippen LogP contribution in [0.1, 0.15) is 24.8 Å². The molecule has 2 nitrogen and oxygen atoms in total. The number of benzene rings is 2. The Kier molecular flexibility index (Phi) is 4.89. The van der Waals surface area contributed by atoms with Crippen LogP contribution in [0.3, 0.4) is 0 Å². The van der Waals surface area contributed by atoms with Gasteiger partial charge in [-0.05, 0) is 55.0 Å². The van der Waals surface area contributed by atoms with Crippen LogP contribution in [0.4, 0.5) is 0 Å². The second-order valence-electron chi connectivity index (χ2n) is 6.12. The molecule has 1 atom stereocenters. The van der Waals surface area contributed by atoms with Gasteiger partial charge in [0.05, 0.1) is 0 Å². The molecule has 0 aromatic heterocycles. The van der Waals surface area contributed by atoms with E-state index in [1.165, 1.54) is 35.6 Å². The first-order valence-electron chi connectivity index (χ1n) is 8.08. The van der Waals surface area contributed by atoms with E-state index in [4.69, 9.17) is 4.74 Å². The van der Waals surface area contributed by atoms with Gasteiger partial charge >= 0.3 is 0 Å². The van der Waals surface area contributed by atoms with Crippen molar-refractivity contribution in [3.8, 4) is 0 Å². The van der Waals surface area contributed by atoms with Gasteiger partial charge in [-0.1, -0.05) is 42.5 Å². The summed E-state index contributed by atoms with van der Waals surface area (Å²) >= 11 is 0. The number of rotatable bonds is 5. The van der Waals surface area contributed by atoms with E-state index in [1.807, 2.05) is 0 Å². The van der Waals surface area contributed by atoms with E-state index >= 15 is 0 Å². The van der Waals surface area contributed by atoms with E-state index in [0.717, 1.165) is 25.6 Å². The van der Waals surface area contributed by atoms with Crippen LogP contribution in [0.2, 0.25) is 0 Å². The molecule has 0 aliphatic carbocycles. The van der Waals surface area contributed by atoms with E-state index in [0.29, 0.717) is 6.04 Å². The highest BCUT2D eigenvalue weighted by molar-refractivity contribution is 5.85. The van der Waals surface area contributed by atoms with Crippen LogP contribution in [0.15, 0.2) is 42.5 Å². The maximum absolute atomic E-state index is 5.47. The summed E-state index contributed by atoms with van der Waals surface area (Å²) in [5, 5.41) is 6.26. The van der Waals surface area contributed by atoms with Crippen molar-refractivity contribution < 1.29 is 4.74 Å². The van der Waals surface area contributed by atoms with Crippen molar-refractivity contribution >= 4 is 10.8 Å². The highest BCUT2D eigenvalue weighted by Gasteiger charge is 2.19. The fourth-order valence-electron chi connectivity index (χ4n) is 3.42. The lowest BCUT2D eigenvalue weighted by molar-refractivity contribution is 0.0608. The average molecular weight is 283 g/mol. The van der Waals surface area contributed by atoms with Gasteiger partial charge in [0.2, 0.25) is 0 Å². The molecule has 0 bridgehead atoms. The summed E-state index contributed by atoms with van der Waals surface area (Å²) in [5.41, 5.74) is 1.46. The van der Waals surface area contributed by atoms with Gasteiger partial charge in [-0.3, -0.25) is 0 Å². The molecule has 112 valence electrons. The molecule has 1 saturated heterocycles. The van der Waals surface area contributed by atoms with Crippen LogP contribution in [-0.2, 0) is 11.2 Å². The van der Waals surface area contributed by atoms with E-state index in [2.05, 4.69) is 54.8 Å². The van der Waals surface area contributed by atoms with Crippen molar-refractivity contribution in [1.82, 2.24) is 5.32 Å². The fraction of sp³-hybridized carbons (Fsp3) is 0.474. The molecule has 1 heterocycles. The summed E-state index contributed by atoms with van der Waals surface area (Å²) in [5.74, 6) is 0.811. The van der Waals surface area contributed by atoms with Crippen LogP contribution in [0.5, 0.6) is 0 Å². The molecule has 1 N–H and O–H groups in total. The first-order chi connectivity index (χ1) is 10.4.